The summed E-state index contributed by atoms with van der Waals surface area (Å²) in [6.45, 7) is 0. The van der Waals surface area contributed by atoms with Gasteiger partial charge in [0.05, 0.1) is 5.69 Å². The van der Waals surface area contributed by atoms with Crippen molar-refractivity contribution in [2.75, 3.05) is 5.84 Å². The fourth-order valence-electron chi connectivity index (χ4n) is 1.38. The smallest absolute Gasteiger partial charge is 0.143 e. The number of rotatable bonds is 1. The molecule has 3 nitrogen and oxygen atoms in total. The molecular weight excluding hydrogens is 193 g/mol. The maximum Gasteiger partial charge on any atom is 0.143 e. The first-order valence-electron chi connectivity index (χ1n) is 4.46. The van der Waals surface area contributed by atoms with Gasteiger partial charge in [0.1, 0.15) is 11.3 Å². The molecule has 0 saturated carbocycles. The molecule has 0 spiro atoms. The molecule has 0 aliphatic carbocycles. The Morgan fingerprint density at radius 1 is 1.07 bits per heavy atom. The van der Waals surface area contributed by atoms with Crippen LogP contribution in [0.15, 0.2) is 42.5 Å². The number of halogens is 1. The van der Waals surface area contributed by atoms with Gasteiger partial charge in [0.15, 0.2) is 0 Å². The summed E-state index contributed by atoms with van der Waals surface area (Å²) in [5.41, 5.74) is 1.67. The lowest BCUT2D eigenvalue weighted by Gasteiger charge is -2.07. The van der Waals surface area contributed by atoms with Crippen molar-refractivity contribution in [2.24, 2.45) is 0 Å². The van der Waals surface area contributed by atoms with Gasteiger partial charge in [0.25, 0.3) is 0 Å². The van der Waals surface area contributed by atoms with E-state index in [4.69, 9.17) is 11.3 Å². The largest absolute Gasteiger partial charge is 0.337 e. The number of nitrogens with zero attached hydrogens (tertiary/aromatic N) is 1. The number of nitrogens with two attached hydrogens (primary N) is 1. The Morgan fingerprint density at radius 3 is 2.40 bits per heavy atom. The van der Waals surface area contributed by atoms with Gasteiger partial charge in [-0.05, 0) is 36.4 Å². The number of aromatic nitrogens is 1. The maximum atomic E-state index is 12.7. The van der Waals surface area contributed by atoms with Crippen LogP contribution in [0.3, 0.4) is 0 Å². The second kappa shape index (κ2) is 3.57. The van der Waals surface area contributed by atoms with Crippen molar-refractivity contribution in [3.05, 3.63) is 53.8 Å². The predicted octanol–water partition coefficient (Wildman–Crippen LogP) is 1.49. The molecule has 1 aromatic heterocycles. The molecule has 4 heteroatoms. The molecule has 3 N–H and O–H groups in total. The van der Waals surface area contributed by atoms with Gasteiger partial charge < -0.3 is 5.84 Å². The summed E-state index contributed by atoms with van der Waals surface area (Å²) in [4.78, 5) is 0. The zero-order valence-corrected chi connectivity index (χ0v) is 7.94. The van der Waals surface area contributed by atoms with Gasteiger partial charge >= 0.3 is 0 Å². The molecule has 2 rings (SSSR count). The maximum absolute atomic E-state index is 12.7. The fraction of sp³-hybridized carbons (Fsp3) is 0. The van der Waals surface area contributed by atoms with Crippen LogP contribution in [0.5, 0.6) is 0 Å². The molecule has 0 radical (unpaired) electrons. The van der Waals surface area contributed by atoms with E-state index < -0.39 is 0 Å². The van der Waals surface area contributed by atoms with Gasteiger partial charge in [0, 0.05) is 5.56 Å². The molecule has 15 heavy (non-hydrogen) atoms. The van der Waals surface area contributed by atoms with Crippen molar-refractivity contribution in [3.8, 4) is 11.3 Å². The number of hydrogen-bond acceptors (Lipinski definition) is 2. The van der Waals surface area contributed by atoms with E-state index in [0.29, 0.717) is 5.69 Å². The fourth-order valence-corrected chi connectivity index (χ4v) is 1.38. The van der Waals surface area contributed by atoms with E-state index >= 15 is 0 Å². The Balaban J connectivity index is 2.59. The summed E-state index contributed by atoms with van der Waals surface area (Å²) in [6, 6.07) is 11.1. The van der Waals surface area contributed by atoms with Gasteiger partial charge in [-0.15, -0.1) is 0 Å². The van der Waals surface area contributed by atoms with Crippen LogP contribution in [0, 0.1) is 11.2 Å². The number of nitrogen functional groups attached to an aromatic ring is 1. The Hall–Kier alpha value is -2.10. The summed E-state index contributed by atoms with van der Waals surface area (Å²) < 4.78 is 14.0. The van der Waals surface area contributed by atoms with Gasteiger partial charge in [-0.25, -0.2) is 9.07 Å². The average Bonchev–Trinajstić information content (AvgIpc) is 2.24. The van der Waals surface area contributed by atoms with E-state index in [0.717, 1.165) is 5.56 Å². The highest BCUT2D eigenvalue weighted by Gasteiger charge is 2.01. The third-order valence-corrected chi connectivity index (χ3v) is 2.17. The van der Waals surface area contributed by atoms with Crippen LogP contribution >= 0.6 is 0 Å². The summed E-state index contributed by atoms with van der Waals surface area (Å²) in [5, 5.41) is 7.52. The van der Waals surface area contributed by atoms with Crippen molar-refractivity contribution in [2.45, 2.75) is 0 Å². The molecule has 1 heterocycles. The third-order valence-electron chi connectivity index (χ3n) is 2.17. The third kappa shape index (κ3) is 1.74. The number of benzene rings is 1. The summed E-state index contributed by atoms with van der Waals surface area (Å²) >= 11 is 0. The van der Waals surface area contributed by atoms with Crippen LogP contribution in [0.1, 0.15) is 0 Å². The molecule has 2 aromatic rings. The quantitative estimate of drug-likeness (QED) is 0.678. The van der Waals surface area contributed by atoms with Crippen LogP contribution < -0.4 is 11.3 Å². The second-order valence-corrected chi connectivity index (χ2v) is 3.17. The summed E-state index contributed by atoms with van der Waals surface area (Å²) in [7, 11) is 0. The van der Waals surface area contributed by atoms with Crippen molar-refractivity contribution in [1.29, 1.82) is 5.41 Å². The molecule has 0 aliphatic heterocycles. The molecule has 76 valence electrons. The highest BCUT2D eigenvalue weighted by atomic mass is 19.1. The zero-order chi connectivity index (χ0) is 10.8. The zero-order valence-electron chi connectivity index (χ0n) is 7.94. The van der Waals surface area contributed by atoms with E-state index in [9.17, 15) is 4.39 Å². The number of hydrogen-bond donors (Lipinski definition) is 2. The molecule has 1 aromatic carbocycles. The number of nitrogens with one attached hydrogen (secondary N) is 1. The van der Waals surface area contributed by atoms with Gasteiger partial charge in [-0.1, -0.05) is 6.07 Å². The standard InChI is InChI=1S/C11H10FN3/c12-9-6-4-8(5-7-9)10-2-1-3-11(13)15(10)14/h1-7,13H,14H2. The van der Waals surface area contributed by atoms with Crippen LogP contribution in [0.25, 0.3) is 11.3 Å². The minimum absolute atomic E-state index is 0.205. The van der Waals surface area contributed by atoms with Gasteiger partial charge in [0.2, 0.25) is 0 Å². The minimum atomic E-state index is -0.288. The van der Waals surface area contributed by atoms with E-state index in [2.05, 4.69) is 0 Å². The van der Waals surface area contributed by atoms with Crippen molar-refractivity contribution < 1.29 is 4.39 Å². The van der Waals surface area contributed by atoms with Crippen LogP contribution in [-0.2, 0) is 0 Å². The highest BCUT2D eigenvalue weighted by molar-refractivity contribution is 5.59. The summed E-state index contributed by atoms with van der Waals surface area (Å²) in [5.74, 6) is 5.40. The topological polar surface area (TPSA) is 54.8 Å². The average molecular weight is 203 g/mol. The lowest BCUT2D eigenvalue weighted by molar-refractivity contribution is 0.628. The molecule has 0 aliphatic rings. The van der Waals surface area contributed by atoms with E-state index in [-0.39, 0.29) is 11.3 Å². The Kier molecular flexibility index (Phi) is 2.25. The molecule has 0 atom stereocenters. The first-order valence-corrected chi connectivity index (χ1v) is 4.46. The van der Waals surface area contributed by atoms with Crippen molar-refractivity contribution in [1.82, 2.24) is 4.68 Å². The highest BCUT2D eigenvalue weighted by Crippen LogP contribution is 2.16. The number of pyridine rings is 1. The first-order chi connectivity index (χ1) is 7.18. The SMILES string of the molecule is N=c1cccc(-c2ccc(F)cc2)n1N. The lowest BCUT2D eigenvalue weighted by atomic mass is 10.1. The molecule has 0 unspecified atom stereocenters. The Morgan fingerprint density at radius 2 is 1.73 bits per heavy atom. The van der Waals surface area contributed by atoms with Crippen LogP contribution in [0.2, 0.25) is 0 Å². The lowest BCUT2D eigenvalue weighted by Crippen LogP contribution is -2.27. The Bertz CT molecular complexity index is 528. The summed E-state index contributed by atoms with van der Waals surface area (Å²) in [6.07, 6.45) is 0. The van der Waals surface area contributed by atoms with Gasteiger partial charge in [-0.2, -0.15) is 0 Å². The first kappa shape index (κ1) is 9.45. The van der Waals surface area contributed by atoms with E-state index in [1.54, 1.807) is 30.3 Å². The second-order valence-electron chi connectivity index (χ2n) is 3.17. The molecule has 0 bridgehead atoms. The van der Waals surface area contributed by atoms with Gasteiger partial charge in [-0.3, -0.25) is 5.41 Å². The molecular formula is C11H10FN3. The Labute approximate surface area is 86.1 Å². The molecule has 0 fully saturated rings. The normalized spacial score (nSPS) is 10.2. The van der Waals surface area contributed by atoms with E-state index in [1.165, 1.54) is 16.8 Å². The van der Waals surface area contributed by atoms with Crippen molar-refractivity contribution in [3.63, 3.8) is 0 Å². The molecule has 0 saturated heterocycles. The monoisotopic (exact) mass is 203 g/mol. The van der Waals surface area contributed by atoms with Crippen LogP contribution in [0.4, 0.5) is 4.39 Å². The van der Waals surface area contributed by atoms with Crippen LogP contribution in [-0.4, -0.2) is 4.68 Å². The van der Waals surface area contributed by atoms with E-state index in [1.807, 2.05) is 0 Å². The predicted molar refractivity (Wildman–Crippen MR) is 55.8 cm³/mol. The van der Waals surface area contributed by atoms with Crippen molar-refractivity contribution >= 4 is 0 Å². The minimum Gasteiger partial charge on any atom is -0.337 e. The molecule has 0 amide bonds.